The molecular formula is C17H25NO3S. The molecule has 1 aromatic carbocycles. The van der Waals surface area contributed by atoms with Crippen LogP contribution in [0.4, 0.5) is 0 Å². The van der Waals surface area contributed by atoms with Gasteiger partial charge in [0.05, 0.1) is 4.90 Å². The van der Waals surface area contributed by atoms with Gasteiger partial charge in [0.25, 0.3) is 0 Å². The minimum atomic E-state index is -3.60. The number of rotatable bonds is 3. The summed E-state index contributed by atoms with van der Waals surface area (Å²) in [4.78, 5) is 14.8. The summed E-state index contributed by atoms with van der Waals surface area (Å²) in [5.74, 6) is -0.775. The second-order valence-corrected chi connectivity index (χ2v) is 9.27. The number of benzene rings is 1. The average molecular weight is 323 g/mol. The largest absolute Gasteiger partial charge is 0.332 e. The second kappa shape index (κ2) is 5.69. The van der Waals surface area contributed by atoms with Gasteiger partial charge in [0.15, 0.2) is 9.84 Å². The van der Waals surface area contributed by atoms with Crippen molar-refractivity contribution in [1.82, 2.24) is 4.90 Å². The molecule has 0 N–H and O–H groups in total. The van der Waals surface area contributed by atoms with Gasteiger partial charge in [-0.25, -0.2) is 8.42 Å². The number of nitrogens with zero attached hydrogens (tertiary/aromatic N) is 1. The number of likely N-dealkylation sites (tertiary alicyclic amines) is 1. The Labute approximate surface area is 133 Å². The molecule has 4 nitrogen and oxygen atoms in total. The normalized spacial score (nSPS) is 20.6. The van der Waals surface area contributed by atoms with E-state index in [1.807, 2.05) is 27.7 Å². The zero-order valence-electron chi connectivity index (χ0n) is 13.8. The maximum Gasteiger partial charge on any atom is 0.239 e. The van der Waals surface area contributed by atoms with Gasteiger partial charge in [-0.1, -0.05) is 18.2 Å². The molecule has 0 spiro atoms. The monoisotopic (exact) mass is 323 g/mol. The predicted octanol–water partition coefficient (Wildman–Crippen LogP) is 3.03. The van der Waals surface area contributed by atoms with Crippen LogP contribution in [-0.2, 0) is 14.6 Å². The van der Waals surface area contributed by atoms with Crippen molar-refractivity contribution in [3.8, 4) is 0 Å². The summed E-state index contributed by atoms with van der Waals surface area (Å²) < 4.78 is 24.9. The molecule has 22 heavy (non-hydrogen) atoms. The van der Waals surface area contributed by atoms with Crippen LogP contribution in [0.25, 0.3) is 0 Å². The molecule has 0 saturated carbocycles. The lowest BCUT2D eigenvalue weighted by atomic mass is 9.80. The minimum absolute atomic E-state index is 0.205. The highest BCUT2D eigenvalue weighted by atomic mass is 32.2. The summed E-state index contributed by atoms with van der Waals surface area (Å²) in [6.45, 7) is 8.06. The van der Waals surface area contributed by atoms with Gasteiger partial charge in [-0.05, 0) is 59.1 Å². The Morgan fingerprint density at radius 1 is 1.05 bits per heavy atom. The van der Waals surface area contributed by atoms with Crippen molar-refractivity contribution in [3.05, 3.63) is 30.3 Å². The zero-order valence-corrected chi connectivity index (χ0v) is 14.6. The Balaban J connectivity index is 2.28. The van der Waals surface area contributed by atoms with Crippen molar-refractivity contribution >= 4 is 15.7 Å². The molecule has 0 aromatic heterocycles. The Kier molecular flexibility index (Phi) is 4.39. The van der Waals surface area contributed by atoms with Crippen LogP contribution in [0.2, 0.25) is 0 Å². The lowest BCUT2D eigenvalue weighted by molar-refractivity contribution is -0.145. The molecule has 1 amide bonds. The number of hydrogen-bond donors (Lipinski definition) is 0. The number of amides is 1. The summed E-state index contributed by atoms with van der Waals surface area (Å²) >= 11 is 0. The van der Waals surface area contributed by atoms with Gasteiger partial charge in [-0.15, -0.1) is 0 Å². The van der Waals surface area contributed by atoms with Crippen LogP contribution in [0.3, 0.4) is 0 Å². The summed E-state index contributed by atoms with van der Waals surface area (Å²) in [7, 11) is -3.60. The molecule has 1 heterocycles. The number of hydrogen-bond acceptors (Lipinski definition) is 3. The molecule has 0 radical (unpaired) electrons. The first-order valence-electron chi connectivity index (χ1n) is 7.67. The molecule has 0 atom stereocenters. The Bertz CT molecular complexity index is 632. The van der Waals surface area contributed by atoms with E-state index in [9.17, 15) is 13.2 Å². The molecule has 5 heteroatoms. The van der Waals surface area contributed by atoms with Crippen molar-refractivity contribution in [2.24, 2.45) is 0 Å². The van der Waals surface area contributed by atoms with Gasteiger partial charge in [0, 0.05) is 11.1 Å². The maximum absolute atomic E-state index is 12.8. The highest BCUT2D eigenvalue weighted by molar-refractivity contribution is 7.92. The second-order valence-electron chi connectivity index (χ2n) is 7.28. The Morgan fingerprint density at radius 3 is 2.05 bits per heavy atom. The molecule has 0 aliphatic carbocycles. The summed E-state index contributed by atoms with van der Waals surface area (Å²) in [5.41, 5.74) is -0.629. The first kappa shape index (κ1) is 17.0. The molecular weight excluding hydrogens is 298 g/mol. The molecule has 0 unspecified atom stereocenters. The number of sulfone groups is 1. The fraction of sp³-hybridized carbons (Fsp3) is 0.588. The van der Waals surface area contributed by atoms with Gasteiger partial charge in [0.1, 0.15) is 5.75 Å². The van der Waals surface area contributed by atoms with Crippen LogP contribution in [0.1, 0.15) is 47.0 Å². The standard InChI is InChI=1S/C17H25NO3S/c1-16(2)11-8-12-17(3,4)18(16)15(19)13-22(20,21)14-9-6-5-7-10-14/h5-7,9-10H,8,11-13H2,1-4H3. The maximum atomic E-state index is 12.8. The number of piperidine rings is 1. The van der Waals surface area contributed by atoms with Crippen LogP contribution in [0.5, 0.6) is 0 Å². The van der Waals surface area contributed by atoms with E-state index in [0.29, 0.717) is 0 Å². The van der Waals surface area contributed by atoms with E-state index in [-0.39, 0.29) is 21.9 Å². The third kappa shape index (κ3) is 3.35. The number of carbonyl (C=O) groups excluding carboxylic acids is 1. The Morgan fingerprint density at radius 2 is 1.55 bits per heavy atom. The zero-order chi connectivity index (χ0) is 16.6. The molecule has 1 aliphatic rings. The molecule has 122 valence electrons. The fourth-order valence-electron chi connectivity index (χ4n) is 3.61. The Hall–Kier alpha value is -1.36. The quantitative estimate of drug-likeness (QED) is 0.859. The third-order valence-electron chi connectivity index (χ3n) is 4.45. The van der Waals surface area contributed by atoms with Crippen LogP contribution < -0.4 is 0 Å². The van der Waals surface area contributed by atoms with Crippen LogP contribution in [0, 0.1) is 0 Å². The molecule has 1 aliphatic heterocycles. The first-order valence-corrected chi connectivity index (χ1v) is 9.32. The fourth-order valence-corrected chi connectivity index (χ4v) is 4.80. The lowest BCUT2D eigenvalue weighted by Gasteiger charge is -2.53. The van der Waals surface area contributed by atoms with E-state index in [1.165, 1.54) is 12.1 Å². The minimum Gasteiger partial charge on any atom is -0.332 e. The summed E-state index contributed by atoms with van der Waals surface area (Å²) in [5, 5.41) is 0. The topological polar surface area (TPSA) is 54.5 Å². The molecule has 0 bridgehead atoms. The van der Waals surface area contributed by atoms with E-state index in [1.54, 1.807) is 23.1 Å². The number of carbonyl (C=O) groups is 1. The predicted molar refractivity (Wildman–Crippen MR) is 87.3 cm³/mol. The van der Waals surface area contributed by atoms with Crippen molar-refractivity contribution < 1.29 is 13.2 Å². The van der Waals surface area contributed by atoms with Crippen LogP contribution >= 0.6 is 0 Å². The van der Waals surface area contributed by atoms with Gasteiger partial charge >= 0.3 is 0 Å². The average Bonchev–Trinajstić information content (AvgIpc) is 2.36. The molecule has 1 aromatic rings. The third-order valence-corrected chi connectivity index (χ3v) is 6.07. The smallest absolute Gasteiger partial charge is 0.239 e. The van der Waals surface area contributed by atoms with E-state index < -0.39 is 15.6 Å². The SMILES string of the molecule is CC1(C)CCCC(C)(C)N1C(=O)CS(=O)(=O)c1ccccc1. The van der Waals surface area contributed by atoms with Crippen LogP contribution in [0.15, 0.2) is 35.2 Å². The van der Waals surface area contributed by atoms with Gasteiger partial charge < -0.3 is 4.90 Å². The molecule has 1 fully saturated rings. The van der Waals surface area contributed by atoms with Gasteiger partial charge in [0.2, 0.25) is 5.91 Å². The van der Waals surface area contributed by atoms with Crippen molar-refractivity contribution in [2.75, 3.05) is 5.75 Å². The summed E-state index contributed by atoms with van der Waals surface area (Å²) in [6.07, 6.45) is 2.84. The van der Waals surface area contributed by atoms with Gasteiger partial charge in [-0.3, -0.25) is 4.79 Å². The van der Waals surface area contributed by atoms with Gasteiger partial charge in [-0.2, -0.15) is 0 Å². The molecule has 1 saturated heterocycles. The first-order chi connectivity index (χ1) is 10.1. The highest BCUT2D eigenvalue weighted by Crippen LogP contribution is 2.38. The van der Waals surface area contributed by atoms with E-state index in [4.69, 9.17) is 0 Å². The lowest BCUT2D eigenvalue weighted by Crippen LogP contribution is -2.62. The van der Waals surface area contributed by atoms with Crippen molar-refractivity contribution in [3.63, 3.8) is 0 Å². The van der Waals surface area contributed by atoms with Crippen LogP contribution in [-0.4, -0.2) is 36.1 Å². The summed E-state index contributed by atoms with van der Waals surface area (Å²) in [6, 6.07) is 8.18. The van der Waals surface area contributed by atoms with Crippen molar-refractivity contribution in [2.45, 2.75) is 62.9 Å². The van der Waals surface area contributed by atoms with E-state index >= 15 is 0 Å². The molecule has 2 rings (SSSR count). The van der Waals surface area contributed by atoms with E-state index in [2.05, 4.69) is 0 Å². The van der Waals surface area contributed by atoms with Crippen molar-refractivity contribution in [1.29, 1.82) is 0 Å². The highest BCUT2D eigenvalue weighted by Gasteiger charge is 2.44. The van der Waals surface area contributed by atoms with E-state index in [0.717, 1.165) is 19.3 Å².